The van der Waals surface area contributed by atoms with Crippen LogP contribution in [-0.4, -0.2) is 85.3 Å². The lowest BCUT2D eigenvalue weighted by atomic mass is 9.96. The van der Waals surface area contributed by atoms with Crippen molar-refractivity contribution in [2.75, 3.05) is 39.5 Å². The van der Waals surface area contributed by atoms with Gasteiger partial charge in [0.15, 0.2) is 0 Å². The Labute approximate surface area is 239 Å². The van der Waals surface area contributed by atoms with Gasteiger partial charge in [0.25, 0.3) is 11.8 Å². The van der Waals surface area contributed by atoms with Gasteiger partial charge in [0.2, 0.25) is 11.8 Å². The van der Waals surface area contributed by atoms with E-state index in [2.05, 4.69) is 10.6 Å². The highest BCUT2D eigenvalue weighted by Gasteiger charge is 2.24. The molecule has 0 aromatic rings. The third-order valence-corrected chi connectivity index (χ3v) is 7.37. The lowest BCUT2D eigenvalue weighted by Crippen LogP contribution is -2.37. The number of amides is 4. The lowest BCUT2D eigenvalue weighted by Gasteiger charge is -2.30. The molecule has 0 atom stereocenters. The number of nitrogens with one attached hydrogen (secondary N) is 2. The van der Waals surface area contributed by atoms with E-state index in [1.54, 1.807) is 0 Å². The summed E-state index contributed by atoms with van der Waals surface area (Å²) in [5.74, 6) is -0.936. The maximum absolute atomic E-state index is 12.4. The molecular weight excluding hydrogens is 514 g/mol. The normalized spacial score (nSPS) is 17.1. The average molecular weight is 566 g/mol. The minimum atomic E-state index is -0.392. The van der Waals surface area contributed by atoms with Crippen LogP contribution in [0.4, 0.5) is 0 Å². The van der Waals surface area contributed by atoms with Crippen molar-refractivity contribution in [3.8, 4) is 0 Å². The maximum Gasteiger partial charge on any atom is 0.253 e. The number of hydrogen-bond acceptors (Lipinski definition) is 7. The van der Waals surface area contributed by atoms with Crippen LogP contribution in [0.1, 0.15) is 98.3 Å². The highest BCUT2D eigenvalue weighted by Crippen LogP contribution is 2.20. The molecule has 2 aliphatic rings. The largest absolute Gasteiger partial charge is 0.380 e. The van der Waals surface area contributed by atoms with Gasteiger partial charge in [0, 0.05) is 50.7 Å². The molecule has 228 valence electrons. The van der Waals surface area contributed by atoms with Crippen molar-refractivity contribution >= 4 is 23.6 Å². The van der Waals surface area contributed by atoms with Gasteiger partial charge in [-0.1, -0.05) is 32.1 Å². The summed E-state index contributed by atoms with van der Waals surface area (Å²) in [7, 11) is 0. The van der Waals surface area contributed by atoms with E-state index in [1.807, 2.05) is 27.7 Å². The van der Waals surface area contributed by atoms with Gasteiger partial charge in [-0.2, -0.15) is 0 Å². The van der Waals surface area contributed by atoms with Gasteiger partial charge in [-0.15, -0.1) is 0 Å². The van der Waals surface area contributed by atoms with Crippen LogP contribution >= 0.6 is 0 Å². The van der Waals surface area contributed by atoms with Crippen LogP contribution in [0.2, 0.25) is 0 Å². The molecule has 0 radical (unpaired) electrons. The Morgan fingerprint density at radius 1 is 0.800 bits per heavy atom. The van der Waals surface area contributed by atoms with Crippen LogP contribution in [0.25, 0.3) is 0 Å². The van der Waals surface area contributed by atoms with Crippen LogP contribution in [0.3, 0.4) is 0 Å². The second kappa shape index (κ2) is 17.5. The highest BCUT2D eigenvalue weighted by molar-refractivity contribution is 6.13. The van der Waals surface area contributed by atoms with Crippen molar-refractivity contribution in [3.63, 3.8) is 0 Å². The van der Waals surface area contributed by atoms with Crippen LogP contribution in [0.15, 0.2) is 12.2 Å². The Hall–Kier alpha value is -2.30. The first-order chi connectivity index (χ1) is 19.0. The quantitative estimate of drug-likeness (QED) is 0.193. The molecule has 2 N–H and O–H groups in total. The molecule has 1 saturated carbocycles. The molecule has 0 unspecified atom stereocenters. The predicted octanol–water partition coefficient (Wildman–Crippen LogP) is 3.42. The fraction of sp³-hybridized carbons (Fsp3) is 0.800. The molecule has 10 nitrogen and oxygen atoms in total. The summed E-state index contributed by atoms with van der Waals surface area (Å²) in [6.07, 6.45) is 12.7. The first-order valence-electron chi connectivity index (χ1n) is 14.9. The third kappa shape index (κ3) is 14.4. The molecule has 0 aromatic carbocycles. The van der Waals surface area contributed by atoms with E-state index in [0.29, 0.717) is 58.3 Å². The van der Waals surface area contributed by atoms with Crippen molar-refractivity contribution in [2.45, 2.75) is 116 Å². The smallest absolute Gasteiger partial charge is 0.253 e. The molecule has 1 aliphatic heterocycles. The number of ether oxygens (including phenoxy) is 3. The van der Waals surface area contributed by atoms with Crippen LogP contribution in [0.5, 0.6) is 0 Å². The van der Waals surface area contributed by atoms with E-state index in [0.717, 1.165) is 17.7 Å². The zero-order valence-corrected chi connectivity index (χ0v) is 25.1. The summed E-state index contributed by atoms with van der Waals surface area (Å²) >= 11 is 0. The molecule has 0 bridgehead atoms. The number of rotatable bonds is 18. The van der Waals surface area contributed by atoms with Gasteiger partial charge in [-0.25, -0.2) is 0 Å². The maximum atomic E-state index is 12.4. The van der Waals surface area contributed by atoms with Crippen LogP contribution in [-0.2, 0) is 33.4 Å². The van der Waals surface area contributed by atoms with E-state index >= 15 is 0 Å². The van der Waals surface area contributed by atoms with Crippen molar-refractivity contribution in [3.05, 3.63) is 12.2 Å². The van der Waals surface area contributed by atoms with E-state index in [9.17, 15) is 19.2 Å². The van der Waals surface area contributed by atoms with E-state index in [1.165, 1.54) is 44.3 Å². The Morgan fingerprint density at radius 2 is 1.38 bits per heavy atom. The standard InChI is InChI=1S/C30H51N3O7/c1-29(2,16-21-38-23-18-31-25(34)14-19-33-27(36)12-13-28(33)37)40-22-17-30(3,4)39-20-15-26(35)32-24-10-8-6-5-7-9-11-24/h12-13,24H,5-11,14-23H2,1-4H3,(H,31,34)(H,32,35). The highest BCUT2D eigenvalue weighted by atomic mass is 16.5. The minimum Gasteiger partial charge on any atom is -0.380 e. The third-order valence-electron chi connectivity index (χ3n) is 7.37. The topological polar surface area (TPSA) is 123 Å². The van der Waals surface area contributed by atoms with E-state index in [-0.39, 0.29) is 42.2 Å². The van der Waals surface area contributed by atoms with Crippen molar-refractivity contribution in [1.29, 1.82) is 0 Å². The molecule has 1 heterocycles. The van der Waals surface area contributed by atoms with Gasteiger partial charge in [-0.05, 0) is 53.4 Å². The van der Waals surface area contributed by atoms with Gasteiger partial charge in [-0.3, -0.25) is 24.1 Å². The Bertz CT molecular complexity index is 830. The summed E-state index contributed by atoms with van der Waals surface area (Å²) in [4.78, 5) is 48.3. The summed E-state index contributed by atoms with van der Waals surface area (Å²) in [5.41, 5.74) is -0.767. The minimum absolute atomic E-state index is 0.0632. The summed E-state index contributed by atoms with van der Waals surface area (Å²) in [5, 5.41) is 5.92. The van der Waals surface area contributed by atoms with Gasteiger partial charge < -0.3 is 24.8 Å². The van der Waals surface area contributed by atoms with Crippen LogP contribution in [0, 0.1) is 0 Å². The average Bonchev–Trinajstić information content (AvgIpc) is 3.18. The van der Waals surface area contributed by atoms with Crippen molar-refractivity contribution in [2.24, 2.45) is 0 Å². The first-order valence-corrected chi connectivity index (χ1v) is 14.9. The number of nitrogens with zero attached hydrogens (tertiary/aromatic N) is 1. The fourth-order valence-corrected chi connectivity index (χ4v) is 4.67. The molecule has 0 saturated heterocycles. The van der Waals surface area contributed by atoms with Crippen molar-refractivity contribution < 1.29 is 33.4 Å². The van der Waals surface area contributed by atoms with Crippen molar-refractivity contribution in [1.82, 2.24) is 15.5 Å². The Kier molecular flexibility index (Phi) is 14.8. The van der Waals surface area contributed by atoms with Gasteiger partial charge >= 0.3 is 0 Å². The van der Waals surface area contributed by atoms with Gasteiger partial charge in [0.1, 0.15) is 0 Å². The van der Waals surface area contributed by atoms with Gasteiger partial charge in [0.05, 0.1) is 31.0 Å². The first kappa shape index (κ1) is 33.9. The molecule has 1 fully saturated rings. The Morgan fingerprint density at radius 3 is 2.02 bits per heavy atom. The molecule has 0 aromatic heterocycles. The number of imide groups is 1. The summed E-state index contributed by atoms with van der Waals surface area (Å²) in [6.45, 7) is 10.3. The van der Waals surface area contributed by atoms with E-state index in [4.69, 9.17) is 14.2 Å². The SMILES string of the molecule is CC(C)(CCOCCNC(=O)CCN1C(=O)C=CC1=O)OCCC(C)(C)OCCC(=O)NC1CCCCCCC1. The molecule has 40 heavy (non-hydrogen) atoms. The predicted molar refractivity (Wildman–Crippen MR) is 152 cm³/mol. The summed E-state index contributed by atoms with van der Waals surface area (Å²) in [6, 6.07) is 0.308. The zero-order chi connectivity index (χ0) is 29.4. The molecular formula is C30H51N3O7. The molecule has 2 rings (SSSR count). The second-order valence-corrected chi connectivity index (χ2v) is 11.9. The lowest BCUT2D eigenvalue weighted by molar-refractivity contribution is -0.137. The monoisotopic (exact) mass is 565 g/mol. The molecule has 4 amide bonds. The second-order valence-electron chi connectivity index (χ2n) is 11.9. The van der Waals surface area contributed by atoms with E-state index < -0.39 is 5.60 Å². The Balaban J connectivity index is 1.49. The van der Waals surface area contributed by atoms with Crippen LogP contribution < -0.4 is 10.6 Å². The molecule has 0 spiro atoms. The fourth-order valence-electron chi connectivity index (χ4n) is 4.67. The number of hydrogen-bond donors (Lipinski definition) is 2. The number of carbonyl (C=O) groups excluding carboxylic acids is 4. The molecule has 10 heteroatoms. The zero-order valence-electron chi connectivity index (χ0n) is 25.1. The molecule has 1 aliphatic carbocycles. The summed E-state index contributed by atoms with van der Waals surface area (Å²) < 4.78 is 17.7. The number of carbonyl (C=O) groups is 4.